The normalized spacial score (nSPS) is 17.1. The molecule has 0 N–H and O–H groups in total. The summed E-state index contributed by atoms with van der Waals surface area (Å²) in [5.74, 6) is -2.10. The first-order chi connectivity index (χ1) is 11.5. The van der Waals surface area contributed by atoms with Crippen LogP contribution in [0.15, 0.2) is 44.8 Å². The highest BCUT2D eigenvalue weighted by Crippen LogP contribution is 2.39. The molecule has 1 atom stereocenters. The minimum Gasteiger partial charge on any atom is -0.489 e. The van der Waals surface area contributed by atoms with Crippen molar-refractivity contribution in [2.24, 2.45) is 0 Å². The molecule has 0 radical (unpaired) electrons. The lowest BCUT2D eigenvalue weighted by Gasteiger charge is -2.13. The predicted octanol–water partition coefficient (Wildman–Crippen LogP) is 2.12. The van der Waals surface area contributed by atoms with Crippen molar-refractivity contribution in [3.05, 3.63) is 56.6 Å². The maximum absolute atomic E-state index is 12.3. The molecule has 1 aromatic carbocycles. The van der Waals surface area contributed by atoms with E-state index in [1.54, 1.807) is 24.3 Å². The number of carbonyl (C=O) groups is 2. The highest BCUT2D eigenvalue weighted by atomic mass is 35.5. The quantitative estimate of drug-likeness (QED) is 0.618. The molecule has 0 saturated heterocycles. The Labute approximate surface area is 140 Å². The number of cyclic esters (lactones) is 1. The van der Waals surface area contributed by atoms with Gasteiger partial charge in [-0.2, -0.15) is 0 Å². The minimum absolute atomic E-state index is 0.0263. The molecule has 7 nitrogen and oxygen atoms in total. The van der Waals surface area contributed by atoms with Gasteiger partial charge in [-0.3, -0.25) is 0 Å². The van der Waals surface area contributed by atoms with E-state index in [2.05, 4.69) is 4.74 Å². The van der Waals surface area contributed by atoms with E-state index >= 15 is 0 Å². The first-order valence-electron chi connectivity index (χ1n) is 6.78. The van der Waals surface area contributed by atoms with Gasteiger partial charge in [0, 0.05) is 5.39 Å². The van der Waals surface area contributed by atoms with Gasteiger partial charge in [-0.05, 0) is 12.1 Å². The highest BCUT2D eigenvalue weighted by Gasteiger charge is 2.44. The van der Waals surface area contributed by atoms with Gasteiger partial charge in [0.2, 0.25) is 5.76 Å². The second-order valence-corrected chi connectivity index (χ2v) is 5.22. The number of para-hydroxylation sites is 1. The summed E-state index contributed by atoms with van der Waals surface area (Å²) in [7, 11) is 2.33. The molecule has 0 saturated carbocycles. The third-order valence-electron chi connectivity index (χ3n) is 3.57. The summed E-state index contributed by atoms with van der Waals surface area (Å²) >= 11 is 6.31. The molecule has 0 amide bonds. The molecule has 0 spiro atoms. The molecule has 1 unspecified atom stereocenters. The average molecular weight is 351 g/mol. The minimum atomic E-state index is -1.37. The Morgan fingerprint density at radius 3 is 2.58 bits per heavy atom. The van der Waals surface area contributed by atoms with Crippen LogP contribution in [0.1, 0.15) is 11.7 Å². The van der Waals surface area contributed by atoms with Crippen LogP contribution < -0.4 is 5.63 Å². The summed E-state index contributed by atoms with van der Waals surface area (Å²) in [6.45, 7) is 0. The molecule has 2 heterocycles. The summed E-state index contributed by atoms with van der Waals surface area (Å²) in [5.41, 5.74) is -0.961. The Balaban J connectivity index is 2.27. The summed E-state index contributed by atoms with van der Waals surface area (Å²) < 4.78 is 19.9. The van der Waals surface area contributed by atoms with E-state index in [1.165, 1.54) is 7.11 Å². The van der Waals surface area contributed by atoms with Crippen LogP contribution in [0.2, 0.25) is 5.02 Å². The molecule has 0 aliphatic carbocycles. The third-order valence-corrected chi connectivity index (χ3v) is 3.98. The summed E-state index contributed by atoms with van der Waals surface area (Å²) in [6, 6.07) is 6.60. The van der Waals surface area contributed by atoms with E-state index in [0.717, 1.165) is 7.11 Å². The smallest absolute Gasteiger partial charge is 0.375 e. The zero-order valence-corrected chi connectivity index (χ0v) is 13.4. The second-order valence-electron chi connectivity index (χ2n) is 4.84. The molecule has 124 valence electrons. The van der Waals surface area contributed by atoms with E-state index in [4.69, 9.17) is 25.5 Å². The highest BCUT2D eigenvalue weighted by molar-refractivity contribution is 6.36. The Morgan fingerprint density at radius 2 is 1.92 bits per heavy atom. The molecule has 1 aromatic heterocycles. The van der Waals surface area contributed by atoms with E-state index in [9.17, 15) is 14.4 Å². The molecular weight excluding hydrogens is 340 g/mol. The van der Waals surface area contributed by atoms with Gasteiger partial charge in [0.15, 0.2) is 6.10 Å². The van der Waals surface area contributed by atoms with Crippen molar-refractivity contribution < 1.29 is 28.2 Å². The van der Waals surface area contributed by atoms with Crippen LogP contribution >= 0.6 is 11.6 Å². The third kappa shape index (κ3) is 2.33. The van der Waals surface area contributed by atoms with Gasteiger partial charge >= 0.3 is 17.6 Å². The number of ether oxygens (including phenoxy) is 3. The average Bonchev–Trinajstić information content (AvgIpc) is 2.90. The van der Waals surface area contributed by atoms with Crippen LogP contribution in [0.5, 0.6) is 0 Å². The van der Waals surface area contributed by atoms with Crippen LogP contribution in [-0.2, 0) is 23.8 Å². The Morgan fingerprint density at radius 1 is 1.21 bits per heavy atom. The van der Waals surface area contributed by atoms with Crippen molar-refractivity contribution >= 4 is 34.5 Å². The van der Waals surface area contributed by atoms with E-state index in [-0.39, 0.29) is 27.5 Å². The van der Waals surface area contributed by atoms with Crippen LogP contribution in [0.3, 0.4) is 0 Å². The lowest BCUT2D eigenvalue weighted by molar-refractivity contribution is -0.143. The number of hydrogen-bond donors (Lipinski definition) is 0. The standard InChI is InChI=1S/C16H11ClO7/c1-21-13-10(14(18)22-2)12(24-16(13)20)9-11(17)7-5-3-4-6-8(7)23-15(9)19/h3-6,12H,1-2H3. The Bertz CT molecular complexity index is 941. The van der Waals surface area contributed by atoms with Crippen LogP contribution in [0.4, 0.5) is 0 Å². The number of methoxy groups -OCH3 is 2. The summed E-state index contributed by atoms with van der Waals surface area (Å²) in [6.07, 6.45) is -1.37. The van der Waals surface area contributed by atoms with E-state index < -0.39 is 23.7 Å². The molecule has 1 aliphatic rings. The maximum atomic E-state index is 12.3. The van der Waals surface area contributed by atoms with Crippen LogP contribution in [-0.4, -0.2) is 26.2 Å². The van der Waals surface area contributed by atoms with Crippen molar-refractivity contribution in [3.8, 4) is 0 Å². The molecule has 2 aromatic rings. The fourth-order valence-corrected chi connectivity index (χ4v) is 2.84. The fourth-order valence-electron chi connectivity index (χ4n) is 2.50. The molecule has 24 heavy (non-hydrogen) atoms. The zero-order valence-electron chi connectivity index (χ0n) is 12.6. The van der Waals surface area contributed by atoms with Crippen molar-refractivity contribution in [1.29, 1.82) is 0 Å². The van der Waals surface area contributed by atoms with Gasteiger partial charge < -0.3 is 18.6 Å². The van der Waals surface area contributed by atoms with Gasteiger partial charge in [0.25, 0.3) is 0 Å². The first kappa shape index (κ1) is 16.1. The molecular formula is C16H11ClO7. The fraction of sp³-hybridized carbons (Fsp3) is 0.188. The van der Waals surface area contributed by atoms with Crippen LogP contribution in [0.25, 0.3) is 11.0 Å². The molecule has 1 aliphatic heterocycles. The number of esters is 2. The van der Waals surface area contributed by atoms with Gasteiger partial charge in [-0.15, -0.1) is 0 Å². The van der Waals surface area contributed by atoms with Gasteiger partial charge in [0.05, 0.1) is 19.2 Å². The summed E-state index contributed by atoms with van der Waals surface area (Å²) in [5, 5.41) is 0.471. The van der Waals surface area contributed by atoms with Gasteiger partial charge in [-0.25, -0.2) is 14.4 Å². The lowest BCUT2D eigenvalue weighted by Crippen LogP contribution is -2.19. The number of fused-ring (bicyclic) bond motifs is 1. The molecule has 8 heteroatoms. The topological polar surface area (TPSA) is 92.0 Å². The first-order valence-corrected chi connectivity index (χ1v) is 7.16. The number of carbonyl (C=O) groups excluding carboxylic acids is 2. The van der Waals surface area contributed by atoms with E-state index in [0.29, 0.717) is 5.39 Å². The number of benzene rings is 1. The Kier molecular flexibility index (Phi) is 4.02. The number of halogens is 1. The molecule has 0 bridgehead atoms. The van der Waals surface area contributed by atoms with Gasteiger partial charge in [-0.1, -0.05) is 23.7 Å². The van der Waals surface area contributed by atoms with Crippen molar-refractivity contribution in [1.82, 2.24) is 0 Å². The number of hydrogen-bond acceptors (Lipinski definition) is 7. The zero-order chi connectivity index (χ0) is 17.4. The van der Waals surface area contributed by atoms with Crippen LogP contribution in [0, 0.1) is 0 Å². The Hall–Kier alpha value is -2.80. The lowest BCUT2D eigenvalue weighted by atomic mass is 10.0. The predicted molar refractivity (Wildman–Crippen MR) is 82.4 cm³/mol. The SMILES string of the molecule is COC(=O)C1=C(OC)C(=O)OC1c1c(Cl)c2ccccc2oc1=O. The molecule has 3 rings (SSSR count). The number of rotatable bonds is 3. The second kappa shape index (κ2) is 6.01. The summed E-state index contributed by atoms with van der Waals surface area (Å²) in [4.78, 5) is 36.3. The van der Waals surface area contributed by atoms with Crippen molar-refractivity contribution in [2.45, 2.75) is 6.10 Å². The maximum Gasteiger partial charge on any atom is 0.375 e. The van der Waals surface area contributed by atoms with Gasteiger partial charge in [0.1, 0.15) is 16.7 Å². The van der Waals surface area contributed by atoms with Crippen molar-refractivity contribution in [3.63, 3.8) is 0 Å². The van der Waals surface area contributed by atoms with E-state index in [1.807, 2.05) is 0 Å². The van der Waals surface area contributed by atoms with Crippen molar-refractivity contribution in [2.75, 3.05) is 14.2 Å². The largest absolute Gasteiger partial charge is 0.489 e. The molecule has 0 fully saturated rings. The monoisotopic (exact) mass is 350 g/mol.